The van der Waals surface area contributed by atoms with Gasteiger partial charge in [-0.3, -0.25) is 4.79 Å². The van der Waals surface area contributed by atoms with Crippen molar-refractivity contribution in [2.24, 2.45) is 0 Å². The van der Waals surface area contributed by atoms with E-state index in [1.165, 1.54) is 24.3 Å². The highest BCUT2D eigenvalue weighted by Gasteiger charge is 2.24. The van der Waals surface area contributed by atoms with Crippen molar-refractivity contribution in [3.05, 3.63) is 35.4 Å². The van der Waals surface area contributed by atoms with Gasteiger partial charge in [0.1, 0.15) is 0 Å². The molecule has 1 amide bonds. The van der Waals surface area contributed by atoms with Crippen LogP contribution in [0.3, 0.4) is 0 Å². The lowest BCUT2D eigenvalue weighted by molar-refractivity contribution is 0.0940. The van der Waals surface area contributed by atoms with Gasteiger partial charge in [0, 0.05) is 18.2 Å². The second-order valence-corrected chi connectivity index (χ2v) is 6.90. The molecule has 2 rings (SSSR count). The van der Waals surface area contributed by atoms with Crippen LogP contribution in [0.25, 0.3) is 0 Å². The fraction of sp³-hybridized carbons (Fsp3) is 0.462. The number of halogens is 3. The third kappa shape index (κ3) is 4.89. The quantitative estimate of drug-likeness (QED) is 0.836. The van der Waals surface area contributed by atoms with Crippen molar-refractivity contribution in [1.82, 2.24) is 10.6 Å². The monoisotopic (exact) mass is 354 g/mol. The highest BCUT2D eigenvalue weighted by Crippen LogP contribution is 2.14. The van der Waals surface area contributed by atoms with E-state index in [0.717, 1.165) is 19.5 Å². The molecule has 1 aliphatic heterocycles. The molecule has 1 aliphatic rings. The predicted molar refractivity (Wildman–Crippen MR) is 81.1 cm³/mol. The van der Waals surface area contributed by atoms with Gasteiger partial charge in [0.2, 0.25) is 9.84 Å². The van der Waals surface area contributed by atoms with Gasteiger partial charge in [-0.25, -0.2) is 8.42 Å². The van der Waals surface area contributed by atoms with E-state index in [0.29, 0.717) is 5.56 Å². The fourth-order valence-corrected chi connectivity index (χ4v) is 2.88. The van der Waals surface area contributed by atoms with E-state index in [2.05, 4.69) is 10.6 Å². The Bertz CT molecular complexity index is 602. The van der Waals surface area contributed by atoms with E-state index in [-0.39, 0.29) is 29.9 Å². The number of nitrogens with one attached hydrogen (secondary N) is 2. The molecule has 0 aliphatic carbocycles. The Balaban J connectivity index is 0.00000242. The molecule has 9 heteroatoms. The van der Waals surface area contributed by atoms with Crippen LogP contribution in [0.4, 0.5) is 8.78 Å². The Hall–Kier alpha value is -1.25. The first-order valence-corrected chi connectivity index (χ1v) is 8.20. The molecular formula is C13H17ClF2N2O3S. The summed E-state index contributed by atoms with van der Waals surface area (Å²) < 4.78 is 46.8. The summed E-state index contributed by atoms with van der Waals surface area (Å²) in [6.45, 7) is 1.58. The highest BCUT2D eigenvalue weighted by molar-refractivity contribution is 7.90. The molecule has 1 aromatic rings. The SMILES string of the molecule is Cl.O=C(NC1CCNC1)c1ccc(CS(=O)(=O)C(F)F)cc1. The second kappa shape index (κ2) is 7.85. The number of benzene rings is 1. The fourth-order valence-electron chi connectivity index (χ4n) is 2.09. The smallest absolute Gasteiger partial charge is 0.337 e. The number of amides is 1. The molecule has 0 saturated carbocycles. The Morgan fingerprint density at radius 2 is 1.95 bits per heavy atom. The summed E-state index contributed by atoms with van der Waals surface area (Å²) in [4.78, 5) is 11.9. The van der Waals surface area contributed by atoms with E-state index in [1.807, 2.05) is 0 Å². The molecule has 124 valence electrons. The van der Waals surface area contributed by atoms with Gasteiger partial charge in [-0.2, -0.15) is 8.78 Å². The van der Waals surface area contributed by atoms with Crippen molar-refractivity contribution in [2.45, 2.75) is 24.0 Å². The minimum absolute atomic E-state index is 0. The zero-order chi connectivity index (χ0) is 15.5. The summed E-state index contributed by atoms with van der Waals surface area (Å²) in [5.41, 5.74) is 0.606. The van der Waals surface area contributed by atoms with Gasteiger partial charge < -0.3 is 10.6 Å². The van der Waals surface area contributed by atoms with Crippen molar-refractivity contribution in [2.75, 3.05) is 13.1 Å². The van der Waals surface area contributed by atoms with E-state index >= 15 is 0 Å². The van der Waals surface area contributed by atoms with Gasteiger partial charge in [-0.1, -0.05) is 12.1 Å². The number of alkyl halides is 2. The van der Waals surface area contributed by atoms with Gasteiger partial charge in [-0.15, -0.1) is 12.4 Å². The molecule has 1 saturated heterocycles. The summed E-state index contributed by atoms with van der Waals surface area (Å²) in [5.74, 6) is -4.39. The van der Waals surface area contributed by atoms with Crippen LogP contribution in [0.5, 0.6) is 0 Å². The number of rotatable bonds is 5. The van der Waals surface area contributed by atoms with Crippen LogP contribution >= 0.6 is 12.4 Å². The van der Waals surface area contributed by atoms with Crippen molar-refractivity contribution in [1.29, 1.82) is 0 Å². The average Bonchev–Trinajstić information content (AvgIpc) is 2.91. The van der Waals surface area contributed by atoms with Crippen LogP contribution in [0.2, 0.25) is 0 Å². The summed E-state index contributed by atoms with van der Waals surface area (Å²) in [6, 6.07) is 5.71. The second-order valence-electron chi connectivity index (χ2n) is 4.93. The highest BCUT2D eigenvalue weighted by atomic mass is 35.5. The first-order valence-electron chi connectivity index (χ1n) is 6.49. The summed E-state index contributed by atoms with van der Waals surface area (Å²) >= 11 is 0. The van der Waals surface area contributed by atoms with Crippen molar-refractivity contribution in [3.8, 4) is 0 Å². The van der Waals surface area contributed by atoms with Crippen molar-refractivity contribution < 1.29 is 22.0 Å². The molecule has 2 N–H and O–H groups in total. The molecular weight excluding hydrogens is 338 g/mol. The zero-order valence-corrected chi connectivity index (χ0v) is 13.2. The van der Waals surface area contributed by atoms with Crippen LogP contribution in [0, 0.1) is 0 Å². The Kier molecular flexibility index (Phi) is 6.70. The summed E-state index contributed by atoms with van der Waals surface area (Å²) in [6.07, 6.45) is 0.858. The largest absolute Gasteiger partial charge is 0.348 e. The molecule has 1 aromatic carbocycles. The molecule has 0 aromatic heterocycles. The number of carbonyl (C=O) groups excluding carboxylic acids is 1. The Labute approximate surface area is 133 Å². The van der Waals surface area contributed by atoms with Crippen LogP contribution in [-0.2, 0) is 15.6 Å². The van der Waals surface area contributed by atoms with Crippen LogP contribution < -0.4 is 10.6 Å². The lowest BCUT2D eigenvalue weighted by atomic mass is 10.1. The van der Waals surface area contributed by atoms with Crippen molar-refractivity contribution >= 4 is 28.2 Å². The van der Waals surface area contributed by atoms with Gasteiger partial charge >= 0.3 is 5.76 Å². The van der Waals surface area contributed by atoms with E-state index < -0.39 is 21.3 Å². The maximum atomic E-state index is 12.3. The Morgan fingerprint density at radius 3 is 2.45 bits per heavy atom. The van der Waals surface area contributed by atoms with Crippen molar-refractivity contribution in [3.63, 3.8) is 0 Å². The van der Waals surface area contributed by atoms with E-state index in [1.54, 1.807) is 0 Å². The lowest BCUT2D eigenvalue weighted by Crippen LogP contribution is -2.36. The number of sulfone groups is 1. The van der Waals surface area contributed by atoms with Crippen LogP contribution in [0.15, 0.2) is 24.3 Å². The normalized spacial score (nSPS) is 18.0. The molecule has 0 bridgehead atoms. The molecule has 1 heterocycles. The third-order valence-electron chi connectivity index (χ3n) is 3.25. The van der Waals surface area contributed by atoms with Crippen LogP contribution in [0.1, 0.15) is 22.3 Å². The number of carbonyl (C=O) groups is 1. The minimum Gasteiger partial charge on any atom is -0.348 e. The van der Waals surface area contributed by atoms with Gasteiger partial charge in [-0.05, 0) is 30.7 Å². The summed E-state index contributed by atoms with van der Waals surface area (Å²) in [5, 5.41) is 5.96. The van der Waals surface area contributed by atoms with E-state index in [4.69, 9.17) is 0 Å². The molecule has 1 unspecified atom stereocenters. The maximum Gasteiger partial charge on any atom is 0.337 e. The molecule has 22 heavy (non-hydrogen) atoms. The first-order chi connectivity index (χ1) is 9.88. The van der Waals surface area contributed by atoms with Gasteiger partial charge in [0.05, 0.1) is 5.75 Å². The first kappa shape index (κ1) is 18.8. The zero-order valence-electron chi connectivity index (χ0n) is 11.6. The molecule has 0 spiro atoms. The third-order valence-corrected chi connectivity index (χ3v) is 4.53. The van der Waals surface area contributed by atoms with Gasteiger partial charge in [0.15, 0.2) is 0 Å². The summed E-state index contributed by atoms with van der Waals surface area (Å²) in [7, 11) is -4.45. The molecule has 1 fully saturated rings. The topological polar surface area (TPSA) is 75.3 Å². The number of hydrogen-bond donors (Lipinski definition) is 2. The van der Waals surface area contributed by atoms with E-state index in [9.17, 15) is 22.0 Å². The Morgan fingerprint density at radius 1 is 1.32 bits per heavy atom. The number of hydrogen-bond acceptors (Lipinski definition) is 4. The van der Waals surface area contributed by atoms with Crippen LogP contribution in [-0.4, -0.2) is 39.2 Å². The van der Waals surface area contributed by atoms with Gasteiger partial charge in [0.25, 0.3) is 5.91 Å². The molecule has 5 nitrogen and oxygen atoms in total. The maximum absolute atomic E-state index is 12.3. The average molecular weight is 355 g/mol. The molecule has 0 radical (unpaired) electrons. The standard InChI is InChI=1S/C13H16F2N2O3S.ClH/c14-13(15)21(19,20)8-9-1-3-10(4-2-9)12(18)17-11-5-6-16-7-11;/h1-4,11,13,16H,5-8H2,(H,17,18);1H. The lowest BCUT2D eigenvalue weighted by Gasteiger charge is -2.11. The molecule has 1 atom stereocenters. The predicted octanol–water partition coefficient (Wildman–Crippen LogP) is 1.34. The minimum atomic E-state index is -4.45.